The van der Waals surface area contributed by atoms with Gasteiger partial charge in [0.1, 0.15) is 6.61 Å². The topological polar surface area (TPSA) is 72.5 Å². The molecule has 21 heavy (non-hydrogen) atoms. The summed E-state index contributed by atoms with van der Waals surface area (Å²) in [7, 11) is 1.62. The Morgan fingerprint density at radius 1 is 1.48 bits per heavy atom. The Hall–Kier alpha value is -1.66. The monoisotopic (exact) mass is 293 g/mol. The SMILES string of the molecule is COCCOc1ccc(NC(=O)C2CC(C)CCN2)cn1. The minimum Gasteiger partial charge on any atom is -0.475 e. The van der Waals surface area contributed by atoms with Gasteiger partial charge in [-0.3, -0.25) is 4.79 Å². The third-order valence-corrected chi connectivity index (χ3v) is 3.52. The van der Waals surface area contributed by atoms with Crippen LogP contribution in [0.1, 0.15) is 19.8 Å². The standard InChI is InChI=1S/C15H23N3O3/c1-11-5-6-16-13(9-11)15(19)18-12-3-4-14(17-10-12)21-8-7-20-2/h3-4,10-11,13,16H,5-9H2,1-2H3,(H,18,19). The lowest BCUT2D eigenvalue weighted by atomic mass is 9.94. The summed E-state index contributed by atoms with van der Waals surface area (Å²) in [5.41, 5.74) is 0.680. The normalized spacial score (nSPS) is 21.8. The number of nitrogens with one attached hydrogen (secondary N) is 2. The van der Waals surface area contributed by atoms with Crippen LogP contribution in [0.5, 0.6) is 5.88 Å². The first-order valence-corrected chi connectivity index (χ1v) is 7.31. The van der Waals surface area contributed by atoms with Gasteiger partial charge in [0.15, 0.2) is 0 Å². The smallest absolute Gasteiger partial charge is 0.241 e. The van der Waals surface area contributed by atoms with Crippen molar-refractivity contribution in [2.75, 3.05) is 32.2 Å². The molecule has 1 fully saturated rings. The molecule has 2 unspecified atom stereocenters. The average molecular weight is 293 g/mol. The van der Waals surface area contributed by atoms with Gasteiger partial charge in [0.2, 0.25) is 11.8 Å². The molecule has 116 valence electrons. The summed E-state index contributed by atoms with van der Waals surface area (Å²) < 4.78 is 10.3. The van der Waals surface area contributed by atoms with Crippen LogP contribution in [-0.2, 0) is 9.53 Å². The Morgan fingerprint density at radius 2 is 2.33 bits per heavy atom. The summed E-state index contributed by atoms with van der Waals surface area (Å²) in [4.78, 5) is 16.3. The highest BCUT2D eigenvalue weighted by molar-refractivity contribution is 5.94. The molecule has 6 nitrogen and oxygen atoms in total. The molecule has 6 heteroatoms. The van der Waals surface area contributed by atoms with E-state index in [1.807, 2.05) is 0 Å². The molecule has 0 radical (unpaired) electrons. The zero-order valence-corrected chi connectivity index (χ0v) is 12.6. The van der Waals surface area contributed by atoms with Crippen molar-refractivity contribution in [3.63, 3.8) is 0 Å². The van der Waals surface area contributed by atoms with Gasteiger partial charge in [-0.05, 0) is 31.4 Å². The summed E-state index contributed by atoms with van der Waals surface area (Å²) in [5, 5.41) is 6.13. The quantitative estimate of drug-likeness (QED) is 0.776. The molecule has 0 spiro atoms. The molecular formula is C15H23N3O3. The largest absolute Gasteiger partial charge is 0.475 e. The number of nitrogens with zero attached hydrogens (tertiary/aromatic N) is 1. The Labute approximate surface area is 125 Å². The first-order chi connectivity index (χ1) is 10.2. The van der Waals surface area contributed by atoms with E-state index in [9.17, 15) is 4.79 Å². The molecule has 1 aromatic heterocycles. The van der Waals surface area contributed by atoms with Crippen LogP contribution in [0.3, 0.4) is 0 Å². The second-order valence-corrected chi connectivity index (χ2v) is 5.35. The van der Waals surface area contributed by atoms with Crippen molar-refractivity contribution in [2.45, 2.75) is 25.8 Å². The molecule has 0 bridgehead atoms. The molecule has 1 aliphatic heterocycles. The molecule has 1 aromatic rings. The number of pyridine rings is 1. The van der Waals surface area contributed by atoms with E-state index in [0.717, 1.165) is 19.4 Å². The predicted octanol–water partition coefficient (Wildman–Crippen LogP) is 1.43. The van der Waals surface area contributed by atoms with E-state index in [2.05, 4.69) is 22.5 Å². The first kappa shape index (κ1) is 15.7. The average Bonchev–Trinajstić information content (AvgIpc) is 2.49. The van der Waals surface area contributed by atoms with Crippen molar-refractivity contribution in [3.05, 3.63) is 18.3 Å². The summed E-state index contributed by atoms with van der Waals surface area (Å²) in [6, 6.07) is 3.41. The van der Waals surface area contributed by atoms with Crippen LogP contribution in [0.2, 0.25) is 0 Å². The van der Waals surface area contributed by atoms with E-state index in [0.29, 0.717) is 30.7 Å². The minimum absolute atomic E-state index is 0.00333. The van der Waals surface area contributed by atoms with Crippen molar-refractivity contribution in [3.8, 4) is 5.88 Å². The van der Waals surface area contributed by atoms with E-state index in [4.69, 9.17) is 9.47 Å². The van der Waals surface area contributed by atoms with Crippen molar-refractivity contribution in [2.24, 2.45) is 5.92 Å². The maximum Gasteiger partial charge on any atom is 0.241 e. The molecule has 1 amide bonds. The number of hydrogen-bond donors (Lipinski definition) is 2. The highest BCUT2D eigenvalue weighted by Gasteiger charge is 2.24. The molecule has 0 aliphatic carbocycles. The molecule has 2 N–H and O–H groups in total. The zero-order chi connectivity index (χ0) is 15.1. The van der Waals surface area contributed by atoms with E-state index in [1.54, 1.807) is 25.4 Å². The van der Waals surface area contributed by atoms with Crippen molar-refractivity contribution in [1.82, 2.24) is 10.3 Å². The van der Waals surface area contributed by atoms with Gasteiger partial charge in [0, 0.05) is 13.2 Å². The van der Waals surface area contributed by atoms with Gasteiger partial charge in [-0.1, -0.05) is 6.92 Å². The molecule has 0 aromatic carbocycles. The van der Waals surface area contributed by atoms with Crippen molar-refractivity contribution < 1.29 is 14.3 Å². The number of carbonyl (C=O) groups is 1. The van der Waals surface area contributed by atoms with E-state index in [-0.39, 0.29) is 11.9 Å². The summed E-state index contributed by atoms with van der Waals surface area (Å²) in [6.45, 7) is 4.05. The van der Waals surface area contributed by atoms with Crippen LogP contribution in [0.25, 0.3) is 0 Å². The number of piperidine rings is 1. The van der Waals surface area contributed by atoms with Crippen LogP contribution < -0.4 is 15.4 Å². The number of rotatable bonds is 6. The predicted molar refractivity (Wildman–Crippen MR) is 80.4 cm³/mol. The molecule has 1 aliphatic rings. The third-order valence-electron chi connectivity index (χ3n) is 3.52. The highest BCUT2D eigenvalue weighted by Crippen LogP contribution is 2.17. The molecule has 1 saturated heterocycles. The molecule has 0 saturated carbocycles. The van der Waals surface area contributed by atoms with Gasteiger partial charge in [0.05, 0.1) is 24.5 Å². The molecule has 2 atom stereocenters. The van der Waals surface area contributed by atoms with Crippen LogP contribution in [0.4, 0.5) is 5.69 Å². The second-order valence-electron chi connectivity index (χ2n) is 5.35. The highest BCUT2D eigenvalue weighted by atomic mass is 16.5. The Morgan fingerprint density at radius 3 is 3.00 bits per heavy atom. The number of hydrogen-bond acceptors (Lipinski definition) is 5. The van der Waals surface area contributed by atoms with Gasteiger partial charge < -0.3 is 20.1 Å². The van der Waals surface area contributed by atoms with Gasteiger partial charge in [0.25, 0.3) is 0 Å². The summed E-state index contributed by atoms with van der Waals surface area (Å²) in [5.74, 6) is 1.10. The number of amides is 1. The first-order valence-electron chi connectivity index (χ1n) is 7.31. The fourth-order valence-electron chi connectivity index (χ4n) is 2.31. The number of anilines is 1. The lowest BCUT2D eigenvalue weighted by Gasteiger charge is -2.27. The Kier molecular flexibility index (Phi) is 5.95. The minimum atomic E-state index is -0.119. The van der Waals surface area contributed by atoms with Crippen LogP contribution in [0.15, 0.2) is 18.3 Å². The fourth-order valence-corrected chi connectivity index (χ4v) is 2.31. The second kappa shape index (κ2) is 7.95. The van der Waals surface area contributed by atoms with Crippen LogP contribution in [-0.4, -0.2) is 43.8 Å². The number of aromatic nitrogens is 1. The lowest BCUT2D eigenvalue weighted by Crippen LogP contribution is -2.45. The van der Waals surface area contributed by atoms with Gasteiger partial charge in [-0.15, -0.1) is 0 Å². The summed E-state index contributed by atoms with van der Waals surface area (Å²) in [6.07, 6.45) is 3.60. The summed E-state index contributed by atoms with van der Waals surface area (Å²) >= 11 is 0. The third kappa shape index (κ3) is 4.99. The Balaban J connectivity index is 1.83. The number of methoxy groups -OCH3 is 1. The van der Waals surface area contributed by atoms with E-state index < -0.39 is 0 Å². The van der Waals surface area contributed by atoms with Crippen molar-refractivity contribution in [1.29, 1.82) is 0 Å². The van der Waals surface area contributed by atoms with Gasteiger partial charge in [-0.2, -0.15) is 0 Å². The molecule has 2 rings (SSSR count). The van der Waals surface area contributed by atoms with Crippen molar-refractivity contribution >= 4 is 11.6 Å². The van der Waals surface area contributed by atoms with Gasteiger partial charge >= 0.3 is 0 Å². The maximum atomic E-state index is 12.2. The van der Waals surface area contributed by atoms with Crippen LogP contribution in [0, 0.1) is 5.92 Å². The maximum absolute atomic E-state index is 12.2. The van der Waals surface area contributed by atoms with E-state index in [1.165, 1.54) is 0 Å². The molecule has 2 heterocycles. The van der Waals surface area contributed by atoms with Crippen LogP contribution >= 0.6 is 0 Å². The lowest BCUT2D eigenvalue weighted by molar-refractivity contribution is -0.119. The Bertz CT molecular complexity index is 450. The zero-order valence-electron chi connectivity index (χ0n) is 12.6. The fraction of sp³-hybridized carbons (Fsp3) is 0.600. The molecular weight excluding hydrogens is 270 g/mol. The van der Waals surface area contributed by atoms with E-state index >= 15 is 0 Å². The number of ether oxygens (including phenoxy) is 2. The van der Waals surface area contributed by atoms with Gasteiger partial charge in [-0.25, -0.2) is 4.98 Å². The number of carbonyl (C=O) groups excluding carboxylic acids is 1.